The number of hydrogen-bond acceptors (Lipinski definition) is 4. The molecule has 0 saturated carbocycles. The first kappa shape index (κ1) is 14.7. The van der Waals surface area contributed by atoms with Gasteiger partial charge in [-0.15, -0.1) is 23.5 Å². The first-order chi connectivity index (χ1) is 11.4. The smallest absolute Gasteiger partial charge is 0.0970 e. The summed E-state index contributed by atoms with van der Waals surface area (Å²) in [6, 6.07) is 16.8. The largest absolute Gasteiger partial charge is 0.350 e. The van der Waals surface area contributed by atoms with Crippen LogP contribution < -0.4 is 5.32 Å². The third-order valence-electron chi connectivity index (χ3n) is 3.74. The quantitative estimate of drug-likeness (QED) is 0.759. The summed E-state index contributed by atoms with van der Waals surface area (Å²) in [4.78, 5) is 4.70. The Kier molecular flexibility index (Phi) is 4.26. The van der Waals surface area contributed by atoms with Crippen LogP contribution in [0, 0.1) is 0 Å². The molecule has 0 bridgehead atoms. The zero-order valence-corrected chi connectivity index (χ0v) is 14.2. The number of nitrogens with one attached hydrogen (secondary N) is 1. The number of nitrogens with zero attached hydrogens (tertiary/aromatic N) is 1. The van der Waals surface area contributed by atoms with E-state index in [2.05, 4.69) is 66.0 Å². The van der Waals surface area contributed by atoms with Crippen LogP contribution in [0.25, 0.3) is 0 Å². The Balaban J connectivity index is 1.47. The van der Waals surface area contributed by atoms with E-state index >= 15 is 0 Å². The van der Waals surface area contributed by atoms with E-state index in [4.69, 9.17) is 4.99 Å². The lowest BCUT2D eigenvalue weighted by atomic mass is 10.2. The Morgan fingerprint density at radius 1 is 0.913 bits per heavy atom. The van der Waals surface area contributed by atoms with Crippen LogP contribution in [0.15, 0.2) is 76.8 Å². The van der Waals surface area contributed by atoms with Crippen LogP contribution in [-0.2, 0) is 11.5 Å². The highest BCUT2D eigenvalue weighted by atomic mass is 32.2. The van der Waals surface area contributed by atoms with Crippen molar-refractivity contribution >= 4 is 39.9 Å². The molecule has 4 rings (SSSR count). The average Bonchev–Trinajstić information content (AvgIpc) is 2.61. The van der Waals surface area contributed by atoms with E-state index in [1.807, 2.05) is 17.8 Å². The summed E-state index contributed by atoms with van der Waals surface area (Å²) in [5.74, 6) is 2.02. The van der Waals surface area contributed by atoms with Crippen LogP contribution in [0.1, 0.15) is 11.1 Å². The van der Waals surface area contributed by atoms with Gasteiger partial charge in [-0.3, -0.25) is 0 Å². The Morgan fingerprint density at radius 2 is 1.70 bits per heavy atom. The molecule has 2 heterocycles. The van der Waals surface area contributed by atoms with Gasteiger partial charge in [0.1, 0.15) is 0 Å². The Labute approximate surface area is 144 Å². The number of allylic oxidation sites excluding steroid dienone is 2. The molecule has 0 atom stereocenters. The van der Waals surface area contributed by atoms with Crippen molar-refractivity contribution in [3.05, 3.63) is 82.9 Å². The van der Waals surface area contributed by atoms with E-state index in [9.17, 15) is 0 Å². The van der Waals surface area contributed by atoms with Crippen LogP contribution in [0.4, 0.5) is 11.4 Å². The number of para-hydroxylation sites is 2. The number of rotatable bonds is 2. The summed E-state index contributed by atoms with van der Waals surface area (Å²) in [6.07, 6.45) is 6.31. The molecular weight excluding hydrogens is 320 g/mol. The van der Waals surface area contributed by atoms with Gasteiger partial charge in [-0.25, -0.2) is 4.99 Å². The number of anilines is 1. The van der Waals surface area contributed by atoms with Crippen LogP contribution in [0.3, 0.4) is 0 Å². The summed E-state index contributed by atoms with van der Waals surface area (Å²) in [6.45, 7) is 0. The van der Waals surface area contributed by atoms with Crippen molar-refractivity contribution in [2.45, 2.75) is 11.5 Å². The fourth-order valence-corrected chi connectivity index (χ4v) is 4.33. The van der Waals surface area contributed by atoms with Gasteiger partial charge in [0, 0.05) is 17.2 Å². The Hall–Kier alpha value is -1.91. The molecular formula is C19H16N2S2. The molecule has 0 aromatic heterocycles. The first-order valence-corrected chi connectivity index (χ1v) is 9.51. The molecule has 0 unspecified atom stereocenters. The van der Waals surface area contributed by atoms with Gasteiger partial charge >= 0.3 is 0 Å². The minimum Gasteiger partial charge on any atom is -0.350 e. The summed E-state index contributed by atoms with van der Waals surface area (Å²) in [5.41, 5.74) is 4.98. The summed E-state index contributed by atoms with van der Waals surface area (Å²) >= 11 is 3.62. The second-order valence-electron chi connectivity index (χ2n) is 5.33. The van der Waals surface area contributed by atoms with Gasteiger partial charge in [-0.2, -0.15) is 0 Å². The number of aliphatic imine (C=N–C) groups is 1. The number of thioether (sulfide) groups is 2. The van der Waals surface area contributed by atoms with E-state index in [-0.39, 0.29) is 0 Å². The topological polar surface area (TPSA) is 24.4 Å². The molecule has 2 aromatic carbocycles. The predicted octanol–water partition coefficient (Wildman–Crippen LogP) is 5.72. The molecule has 23 heavy (non-hydrogen) atoms. The second kappa shape index (κ2) is 6.69. The Morgan fingerprint density at radius 3 is 2.65 bits per heavy atom. The normalized spacial score (nSPS) is 18.3. The zero-order chi connectivity index (χ0) is 15.5. The van der Waals surface area contributed by atoms with E-state index < -0.39 is 0 Å². The highest BCUT2D eigenvalue weighted by Crippen LogP contribution is 2.33. The number of benzene rings is 2. The molecule has 114 valence electrons. The molecule has 1 N–H and O–H groups in total. The van der Waals surface area contributed by atoms with E-state index in [1.165, 1.54) is 21.8 Å². The van der Waals surface area contributed by atoms with Crippen LogP contribution in [-0.4, -0.2) is 5.04 Å². The van der Waals surface area contributed by atoms with Crippen molar-refractivity contribution in [1.82, 2.24) is 0 Å². The molecule has 2 aromatic rings. The minimum absolute atomic E-state index is 0.996. The van der Waals surface area contributed by atoms with Gasteiger partial charge in [-0.1, -0.05) is 42.5 Å². The maximum atomic E-state index is 4.70. The molecule has 2 nitrogen and oxygen atoms in total. The van der Waals surface area contributed by atoms with E-state index in [0.717, 1.165) is 22.2 Å². The monoisotopic (exact) mass is 336 g/mol. The highest BCUT2D eigenvalue weighted by molar-refractivity contribution is 8.13. The molecule has 0 spiro atoms. The number of hydrogen-bond donors (Lipinski definition) is 1. The van der Waals surface area contributed by atoms with E-state index in [0.29, 0.717) is 0 Å². The van der Waals surface area contributed by atoms with Crippen molar-refractivity contribution in [2.75, 3.05) is 5.32 Å². The molecule has 0 radical (unpaired) electrons. The van der Waals surface area contributed by atoms with Crippen molar-refractivity contribution in [1.29, 1.82) is 0 Å². The fraction of sp³-hybridized carbons (Fsp3) is 0.105. The minimum atomic E-state index is 0.996. The molecule has 0 saturated heterocycles. The van der Waals surface area contributed by atoms with Gasteiger partial charge in [0.15, 0.2) is 0 Å². The van der Waals surface area contributed by atoms with Crippen molar-refractivity contribution in [3.63, 3.8) is 0 Å². The molecule has 0 amide bonds. The third-order valence-corrected chi connectivity index (χ3v) is 5.73. The standard InChI is InChI=1S/C19H16N2S2/c1-3-8-16-14(6-1)12-22-18(20-16)10-5-11-19-21-17-9-4-2-7-15(17)13-23-19/h1-11,20H,12-13H2. The van der Waals surface area contributed by atoms with Crippen LogP contribution in [0.2, 0.25) is 0 Å². The average molecular weight is 336 g/mol. The SMILES string of the molecule is C(=CC1=Nc2ccccc2CS1)C=C1Nc2ccccc2CS1. The second-order valence-corrected chi connectivity index (χ2v) is 7.34. The van der Waals surface area contributed by atoms with Gasteiger partial charge in [0.2, 0.25) is 0 Å². The van der Waals surface area contributed by atoms with Crippen LogP contribution in [0.5, 0.6) is 0 Å². The molecule has 2 aliphatic rings. The lowest BCUT2D eigenvalue weighted by Crippen LogP contribution is -2.04. The predicted molar refractivity (Wildman–Crippen MR) is 103 cm³/mol. The van der Waals surface area contributed by atoms with Crippen molar-refractivity contribution in [3.8, 4) is 0 Å². The van der Waals surface area contributed by atoms with Gasteiger partial charge in [0.05, 0.1) is 15.8 Å². The lowest BCUT2D eigenvalue weighted by Gasteiger charge is -2.19. The summed E-state index contributed by atoms with van der Waals surface area (Å²) in [7, 11) is 0. The Bertz CT molecular complexity index is 822. The number of fused-ring (bicyclic) bond motifs is 2. The van der Waals surface area contributed by atoms with Gasteiger partial charge in [0.25, 0.3) is 0 Å². The maximum absolute atomic E-state index is 4.70. The maximum Gasteiger partial charge on any atom is 0.0970 e. The molecule has 0 fully saturated rings. The fourth-order valence-electron chi connectivity index (χ4n) is 2.53. The van der Waals surface area contributed by atoms with Gasteiger partial charge in [-0.05, 0) is 35.4 Å². The highest BCUT2D eigenvalue weighted by Gasteiger charge is 2.11. The molecule has 0 aliphatic carbocycles. The lowest BCUT2D eigenvalue weighted by molar-refractivity contribution is 1.35. The third kappa shape index (κ3) is 3.38. The van der Waals surface area contributed by atoms with Crippen LogP contribution >= 0.6 is 23.5 Å². The molecule has 2 aliphatic heterocycles. The van der Waals surface area contributed by atoms with Gasteiger partial charge < -0.3 is 5.32 Å². The van der Waals surface area contributed by atoms with Crippen molar-refractivity contribution in [2.24, 2.45) is 4.99 Å². The van der Waals surface area contributed by atoms with E-state index in [1.54, 1.807) is 11.8 Å². The summed E-state index contributed by atoms with van der Waals surface area (Å²) in [5, 5.41) is 5.73. The zero-order valence-electron chi connectivity index (χ0n) is 12.5. The summed E-state index contributed by atoms with van der Waals surface area (Å²) < 4.78 is 0. The first-order valence-electron chi connectivity index (χ1n) is 7.54. The van der Waals surface area contributed by atoms with Crippen molar-refractivity contribution < 1.29 is 0 Å². The molecule has 4 heteroatoms.